The second-order valence-corrected chi connectivity index (χ2v) is 6.10. The van der Waals surface area contributed by atoms with Crippen LogP contribution >= 0.6 is 11.6 Å². The Balaban J connectivity index is 2.05. The van der Waals surface area contributed by atoms with Gasteiger partial charge in [0.25, 0.3) is 0 Å². The van der Waals surface area contributed by atoms with Crippen LogP contribution in [0, 0.1) is 18.3 Å². The van der Waals surface area contributed by atoms with E-state index in [9.17, 15) is 4.79 Å². The van der Waals surface area contributed by atoms with Gasteiger partial charge in [-0.15, -0.1) is 0 Å². The lowest BCUT2D eigenvalue weighted by atomic mass is 10.1. The lowest BCUT2D eigenvalue weighted by molar-refractivity contribution is -0.116. The van der Waals surface area contributed by atoms with E-state index in [4.69, 9.17) is 21.6 Å². The van der Waals surface area contributed by atoms with Crippen LogP contribution in [-0.2, 0) is 11.2 Å². The zero-order chi connectivity index (χ0) is 18.4. The normalized spacial score (nSPS) is 11.3. The van der Waals surface area contributed by atoms with Crippen LogP contribution in [-0.4, -0.2) is 19.1 Å². The summed E-state index contributed by atoms with van der Waals surface area (Å²) in [5.41, 5.74) is 3.18. The van der Waals surface area contributed by atoms with E-state index in [2.05, 4.69) is 16.7 Å². The van der Waals surface area contributed by atoms with Gasteiger partial charge in [0.1, 0.15) is 11.8 Å². The topological polar surface area (TPSA) is 74.2 Å². The van der Waals surface area contributed by atoms with Gasteiger partial charge in [-0.25, -0.2) is 0 Å². The molecule has 1 amide bonds. The molecule has 0 fully saturated rings. The molecule has 6 heteroatoms. The summed E-state index contributed by atoms with van der Waals surface area (Å²) in [4.78, 5) is 12.4. The van der Waals surface area contributed by atoms with E-state index < -0.39 is 6.04 Å². The minimum absolute atomic E-state index is 0.193. The fourth-order valence-corrected chi connectivity index (χ4v) is 2.45. The average Bonchev–Trinajstić information content (AvgIpc) is 2.59. The minimum Gasteiger partial charge on any atom is -0.495 e. The Labute approximate surface area is 152 Å². The fraction of sp³-hybridized carbons (Fsp3) is 0.263. The SMILES string of the molecule is COc1cc(Cl)c(C)cc1NC(=O)[C@H](C)Nc1ccc(CC#N)cc1. The number of rotatable bonds is 6. The number of methoxy groups -OCH3 is 1. The Morgan fingerprint density at radius 2 is 2.00 bits per heavy atom. The predicted molar refractivity (Wildman–Crippen MR) is 100 cm³/mol. The first-order valence-electron chi connectivity index (χ1n) is 7.82. The van der Waals surface area contributed by atoms with Gasteiger partial charge in [0, 0.05) is 16.8 Å². The lowest BCUT2D eigenvalue weighted by Crippen LogP contribution is -2.32. The first kappa shape index (κ1) is 18.6. The van der Waals surface area contributed by atoms with Gasteiger partial charge in [0.2, 0.25) is 5.91 Å². The molecule has 0 aliphatic rings. The van der Waals surface area contributed by atoms with Crippen molar-refractivity contribution in [3.8, 4) is 11.8 Å². The molecule has 0 radical (unpaired) electrons. The first-order chi connectivity index (χ1) is 11.9. The van der Waals surface area contributed by atoms with Crippen molar-refractivity contribution in [2.24, 2.45) is 0 Å². The summed E-state index contributed by atoms with van der Waals surface area (Å²) in [5, 5.41) is 15.3. The largest absolute Gasteiger partial charge is 0.495 e. The van der Waals surface area contributed by atoms with Crippen LogP contribution in [0.2, 0.25) is 5.02 Å². The second-order valence-electron chi connectivity index (χ2n) is 5.69. The van der Waals surface area contributed by atoms with Crippen LogP contribution < -0.4 is 15.4 Å². The van der Waals surface area contributed by atoms with E-state index in [-0.39, 0.29) is 5.91 Å². The van der Waals surface area contributed by atoms with Crippen molar-refractivity contribution in [1.82, 2.24) is 0 Å². The molecule has 0 aliphatic heterocycles. The Morgan fingerprint density at radius 1 is 1.32 bits per heavy atom. The van der Waals surface area contributed by atoms with Crippen LogP contribution in [0.15, 0.2) is 36.4 Å². The highest BCUT2D eigenvalue weighted by Crippen LogP contribution is 2.31. The van der Waals surface area contributed by atoms with Crippen LogP contribution in [0.5, 0.6) is 5.75 Å². The maximum Gasteiger partial charge on any atom is 0.246 e. The number of nitrogens with one attached hydrogen (secondary N) is 2. The molecule has 0 unspecified atom stereocenters. The van der Waals surface area contributed by atoms with Crippen molar-refractivity contribution in [3.63, 3.8) is 0 Å². The van der Waals surface area contributed by atoms with E-state index in [1.807, 2.05) is 31.2 Å². The summed E-state index contributed by atoms with van der Waals surface area (Å²) in [6, 6.07) is 12.5. The van der Waals surface area contributed by atoms with Gasteiger partial charge in [-0.2, -0.15) is 5.26 Å². The van der Waals surface area contributed by atoms with Gasteiger partial charge in [-0.05, 0) is 43.2 Å². The number of anilines is 2. The Bertz CT molecular complexity index is 798. The molecule has 0 aromatic heterocycles. The van der Waals surface area contributed by atoms with E-state index in [0.29, 0.717) is 22.9 Å². The summed E-state index contributed by atoms with van der Waals surface area (Å²) in [5.74, 6) is 0.318. The molecule has 2 aromatic rings. The molecule has 25 heavy (non-hydrogen) atoms. The second kappa shape index (κ2) is 8.41. The molecule has 2 N–H and O–H groups in total. The Hall–Kier alpha value is -2.71. The Kier molecular flexibility index (Phi) is 6.26. The monoisotopic (exact) mass is 357 g/mol. The molecule has 0 spiro atoms. The molecule has 0 aliphatic carbocycles. The van der Waals surface area contributed by atoms with Crippen molar-refractivity contribution in [2.75, 3.05) is 17.7 Å². The number of halogens is 1. The zero-order valence-electron chi connectivity index (χ0n) is 14.4. The Morgan fingerprint density at radius 3 is 2.60 bits per heavy atom. The summed E-state index contributed by atoms with van der Waals surface area (Å²) >= 11 is 6.08. The highest BCUT2D eigenvalue weighted by Gasteiger charge is 2.16. The molecular weight excluding hydrogens is 338 g/mol. The van der Waals surface area contributed by atoms with Crippen LogP contribution in [0.3, 0.4) is 0 Å². The van der Waals surface area contributed by atoms with E-state index in [0.717, 1.165) is 16.8 Å². The molecular formula is C19H20ClN3O2. The van der Waals surface area contributed by atoms with Crippen molar-refractivity contribution < 1.29 is 9.53 Å². The third kappa shape index (κ3) is 4.88. The summed E-state index contributed by atoms with van der Waals surface area (Å²) in [6.07, 6.45) is 0.367. The molecule has 0 bridgehead atoms. The maximum atomic E-state index is 12.4. The zero-order valence-corrected chi connectivity index (χ0v) is 15.1. The molecule has 5 nitrogen and oxygen atoms in total. The third-order valence-electron chi connectivity index (χ3n) is 3.75. The minimum atomic E-state index is -0.456. The molecule has 2 rings (SSSR count). The smallest absolute Gasteiger partial charge is 0.246 e. The van der Waals surface area contributed by atoms with Gasteiger partial charge in [-0.1, -0.05) is 23.7 Å². The molecule has 0 saturated carbocycles. The standard InChI is InChI=1S/C19H20ClN3O2/c1-12-10-17(18(25-3)11-16(12)20)23-19(24)13(2)22-15-6-4-14(5-7-15)8-9-21/h4-7,10-11,13,22H,8H2,1-3H3,(H,23,24)/t13-/m0/s1. The number of hydrogen-bond donors (Lipinski definition) is 2. The van der Waals surface area contributed by atoms with E-state index in [1.165, 1.54) is 7.11 Å². The van der Waals surface area contributed by atoms with Gasteiger partial charge in [0.05, 0.1) is 25.3 Å². The summed E-state index contributed by atoms with van der Waals surface area (Å²) in [7, 11) is 1.53. The molecule has 1 atom stereocenters. The van der Waals surface area contributed by atoms with E-state index >= 15 is 0 Å². The molecule has 2 aromatic carbocycles. The van der Waals surface area contributed by atoms with Crippen molar-refractivity contribution in [1.29, 1.82) is 5.26 Å². The number of carbonyl (C=O) groups is 1. The number of aryl methyl sites for hydroxylation is 1. The fourth-order valence-electron chi connectivity index (χ4n) is 2.30. The van der Waals surface area contributed by atoms with Gasteiger partial charge >= 0.3 is 0 Å². The number of benzene rings is 2. The third-order valence-corrected chi connectivity index (χ3v) is 4.16. The van der Waals surface area contributed by atoms with E-state index in [1.54, 1.807) is 19.1 Å². The van der Waals surface area contributed by atoms with Crippen LogP contribution in [0.25, 0.3) is 0 Å². The first-order valence-corrected chi connectivity index (χ1v) is 8.19. The summed E-state index contributed by atoms with van der Waals surface area (Å²) < 4.78 is 5.27. The molecule has 0 saturated heterocycles. The number of nitrogens with zero attached hydrogens (tertiary/aromatic N) is 1. The molecule has 0 heterocycles. The summed E-state index contributed by atoms with van der Waals surface area (Å²) in [6.45, 7) is 3.63. The number of carbonyl (C=O) groups excluding carboxylic acids is 1. The predicted octanol–water partition coefficient (Wildman–Crippen LogP) is 4.16. The number of hydrogen-bond acceptors (Lipinski definition) is 4. The molecule has 130 valence electrons. The number of nitriles is 1. The van der Waals surface area contributed by atoms with Crippen LogP contribution in [0.4, 0.5) is 11.4 Å². The number of ether oxygens (including phenoxy) is 1. The van der Waals surface area contributed by atoms with Gasteiger partial charge in [0.15, 0.2) is 0 Å². The van der Waals surface area contributed by atoms with Crippen LogP contribution in [0.1, 0.15) is 18.1 Å². The van der Waals surface area contributed by atoms with Crippen molar-refractivity contribution in [2.45, 2.75) is 26.3 Å². The van der Waals surface area contributed by atoms with Gasteiger partial charge in [-0.3, -0.25) is 4.79 Å². The maximum absolute atomic E-state index is 12.4. The highest BCUT2D eigenvalue weighted by molar-refractivity contribution is 6.31. The van der Waals surface area contributed by atoms with Crippen molar-refractivity contribution in [3.05, 3.63) is 52.5 Å². The number of amides is 1. The van der Waals surface area contributed by atoms with Crippen molar-refractivity contribution >= 4 is 28.9 Å². The average molecular weight is 358 g/mol. The lowest BCUT2D eigenvalue weighted by Gasteiger charge is -2.17. The van der Waals surface area contributed by atoms with Gasteiger partial charge < -0.3 is 15.4 Å². The quantitative estimate of drug-likeness (QED) is 0.814. The highest BCUT2D eigenvalue weighted by atomic mass is 35.5.